The number of carbonyl (C=O) groups is 3. The maximum absolute atomic E-state index is 13.0. The Kier molecular flexibility index (Phi) is 68.2. The van der Waals surface area contributed by atoms with Gasteiger partial charge in [-0.3, -0.25) is 14.4 Å². The van der Waals surface area contributed by atoms with Crippen molar-refractivity contribution in [3.05, 3.63) is 85.1 Å². The van der Waals surface area contributed by atoms with Crippen molar-refractivity contribution < 1.29 is 28.6 Å². The molecule has 0 bridgehead atoms. The maximum Gasteiger partial charge on any atom is 0.306 e. The van der Waals surface area contributed by atoms with Crippen LogP contribution in [0.3, 0.4) is 0 Å². The minimum atomic E-state index is -0.787. The van der Waals surface area contributed by atoms with Gasteiger partial charge in [0.25, 0.3) is 0 Å². The molecule has 0 rings (SSSR count). The van der Waals surface area contributed by atoms with E-state index < -0.39 is 6.10 Å². The van der Waals surface area contributed by atoms with E-state index in [-0.39, 0.29) is 31.1 Å². The lowest BCUT2D eigenvalue weighted by atomic mass is 10.0. The number of rotatable bonds is 66. The molecule has 0 aromatic heterocycles. The highest BCUT2D eigenvalue weighted by atomic mass is 16.6. The van der Waals surface area contributed by atoms with Gasteiger partial charge in [0.05, 0.1) is 0 Å². The molecule has 0 aliphatic carbocycles. The Bertz CT molecular complexity index is 1570. The fourth-order valence-corrected chi connectivity index (χ4v) is 10.5. The summed E-state index contributed by atoms with van der Waals surface area (Å²) in [4.78, 5) is 38.5. The topological polar surface area (TPSA) is 78.9 Å². The quantitative estimate of drug-likeness (QED) is 0.0261. The van der Waals surface area contributed by atoms with Crippen LogP contribution in [0.4, 0.5) is 0 Å². The molecule has 0 saturated carbocycles. The average molecular weight is 1160 g/mol. The van der Waals surface area contributed by atoms with Crippen molar-refractivity contribution in [1.29, 1.82) is 0 Å². The van der Waals surface area contributed by atoms with E-state index in [2.05, 4.69) is 106 Å². The fraction of sp³-hybridized carbons (Fsp3) is 0.779. The van der Waals surface area contributed by atoms with Crippen LogP contribution in [0.25, 0.3) is 0 Å². The summed E-state index contributed by atoms with van der Waals surface area (Å²) in [7, 11) is 0. The molecule has 6 nitrogen and oxygen atoms in total. The van der Waals surface area contributed by atoms with E-state index in [9.17, 15) is 14.4 Å². The maximum atomic E-state index is 13.0. The normalized spacial score (nSPS) is 12.6. The van der Waals surface area contributed by atoms with E-state index in [1.165, 1.54) is 212 Å². The first-order chi connectivity index (χ1) is 41.0. The SMILES string of the molecule is CC/C=C\C/C=C\C/C=C\C/C=C\C/C=C\CCCCCCCC(=O)OC(COC(=O)CCCCCCCCCCCCCCCCC)COC(=O)CCCCCCCCCCCCCCCCCCC/C=C\C/C=C\CCCCCCC. The van der Waals surface area contributed by atoms with Gasteiger partial charge in [0.15, 0.2) is 6.10 Å². The molecule has 0 aromatic carbocycles. The molecule has 0 aromatic rings. The summed E-state index contributed by atoms with van der Waals surface area (Å²) in [5.41, 5.74) is 0. The number of esters is 3. The van der Waals surface area contributed by atoms with Crippen LogP contribution in [0.5, 0.6) is 0 Å². The van der Waals surface area contributed by atoms with Gasteiger partial charge >= 0.3 is 17.9 Å². The third kappa shape index (κ3) is 69.3. The van der Waals surface area contributed by atoms with Gasteiger partial charge in [-0.2, -0.15) is 0 Å². The fourth-order valence-electron chi connectivity index (χ4n) is 10.5. The van der Waals surface area contributed by atoms with Crippen molar-refractivity contribution in [1.82, 2.24) is 0 Å². The molecule has 0 N–H and O–H groups in total. The van der Waals surface area contributed by atoms with Crippen molar-refractivity contribution in [3.8, 4) is 0 Å². The zero-order chi connectivity index (χ0) is 59.9. The van der Waals surface area contributed by atoms with Crippen LogP contribution in [0.1, 0.15) is 367 Å². The van der Waals surface area contributed by atoms with Gasteiger partial charge < -0.3 is 14.2 Å². The summed E-state index contributed by atoms with van der Waals surface area (Å²) < 4.78 is 17.0. The predicted molar refractivity (Wildman–Crippen MR) is 362 cm³/mol. The Hall–Kier alpha value is -3.41. The highest BCUT2D eigenvalue weighted by molar-refractivity contribution is 5.71. The van der Waals surface area contributed by atoms with Crippen LogP contribution in [0.15, 0.2) is 85.1 Å². The molecule has 83 heavy (non-hydrogen) atoms. The molecule has 0 saturated heterocycles. The zero-order valence-corrected chi connectivity index (χ0v) is 55.2. The predicted octanol–water partition coefficient (Wildman–Crippen LogP) is 25.0. The third-order valence-corrected chi connectivity index (χ3v) is 15.9. The molecule has 1 unspecified atom stereocenters. The Balaban J connectivity index is 4.29. The highest BCUT2D eigenvalue weighted by Crippen LogP contribution is 2.18. The first kappa shape index (κ1) is 79.6. The van der Waals surface area contributed by atoms with Gasteiger partial charge in [0, 0.05) is 19.3 Å². The van der Waals surface area contributed by atoms with E-state index in [1.54, 1.807) is 0 Å². The molecule has 0 fully saturated rings. The molecule has 1 atom stereocenters. The second-order valence-electron chi connectivity index (χ2n) is 24.1. The first-order valence-electron chi connectivity index (χ1n) is 36.1. The van der Waals surface area contributed by atoms with Crippen LogP contribution in [-0.4, -0.2) is 37.2 Å². The van der Waals surface area contributed by atoms with Gasteiger partial charge in [0.2, 0.25) is 0 Å². The highest BCUT2D eigenvalue weighted by Gasteiger charge is 2.19. The van der Waals surface area contributed by atoms with E-state index in [4.69, 9.17) is 14.2 Å². The van der Waals surface area contributed by atoms with Crippen molar-refractivity contribution in [2.45, 2.75) is 374 Å². The zero-order valence-electron chi connectivity index (χ0n) is 55.2. The minimum absolute atomic E-state index is 0.0801. The van der Waals surface area contributed by atoms with Crippen molar-refractivity contribution in [3.63, 3.8) is 0 Å². The molecule has 0 radical (unpaired) electrons. The van der Waals surface area contributed by atoms with Crippen LogP contribution in [-0.2, 0) is 28.6 Å². The lowest BCUT2D eigenvalue weighted by molar-refractivity contribution is -0.167. The number of unbranched alkanes of at least 4 members (excludes halogenated alkanes) is 41. The summed E-state index contributed by atoms with van der Waals surface area (Å²) in [6, 6.07) is 0. The average Bonchev–Trinajstić information content (AvgIpc) is 3.49. The molecule has 0 aliphatic rings. The Morgan fingerprint density at radius 1 is 0.253 bits per heavy atom. The van der Waals surface area contributed by atoms with Gasteiger partial charge in [-0.15, -0.1) is 0 Å². The van der Waals surface area contributed by atoms with Gasteiger partial charge in [-0.25, -0.2) is 0 Å². The largest absolute Gasteiger partial charge is 0.462 e. The summed E-state index contributed by atoms with van der Waals surface area (Å²) in [6.45, 7) is 6.56. The van der Waals surface area contributed by atoms with E-state index in [1.807, 2.05) is 0 Å². The molecular formula is C77H136O6. The molecule has 6 heteroatoms. The molecule has 0 aliphatic heterocycles. The van der Waals surface area contributed by atoms with Gasteiger partial charge in [-0.1, -0.05) is 337 Å². The summed E-state index contributed by atoms with van der Waals surface area (Å²) in [5, 5.41) is 0. The van der Waals surface area contributed by atoms with Crippen molar-refractivity contribution in [2.75, 3.05) is 13.2 Å². The van der Waals surface area contributed by atoms with Gasteiger partial charge in [-0.05, 0) is 96.3 Å². The van der Waals surface area contributed by atoms with Crippen molar-refractivity contribution in [2.24, 2.45) is 0 Å². The summed E-state index contributed by atoms with van der Waals surface area (Å²) in [6.07, 6.45) is 94.7. The molecule has 0 spiro atoms. The van der Waals surface area contributed by atoms with Crippen LogP contribution >= 0.6 is 0 Å². The van der Waals surface area contributed by atoms with E-state index in [0.29, 0.717) is 19.3 Å². The monoisotopic (exact) mass is 1160 g/mol. The van der Waals surface area contributed by atoms with Crippen LogP contribution in [0.2, 0.25) is 0 Å². The summed E-state index contributed by atoms with van der Waals surface area (Å²) >= 11 is 0. The molecular weight excluding hydrogens is 1020 g/mol. The molecule has 0 heterocycles. The first-order valence-corrected chi connectivity index (χ1v) is 36.1. The second kappa shape index (κ2) is 71.1. The number of hydrogen-bond acceptors (Lipinski definition) is 6. The third-order valence-electron chi connectivity index (χ3n) is 15.9. The van der Waals surface area contributed by atoms with Gasteiger partial charge in [0.1, 0.15) is 13.2 Å². The lowest BCUT2D eigenvalue weighted by Gasteiger charge is -2.18. The van der Waals surface area contributed by atoms with Crippen LogP contribution < -0.4 is 0 Å². The number of ether oxygens (including phenoxy) is 3. The Morgan fingerprint density at radius 3 is 0.735 bits per heavy atom. The summed E-state index contributed by atoms with van der Waals surface area (Å²) in [5.74, 6) is -0.878. The van der Waals surface area contributed by atoms with E-state index in [0.717, 1.165) is 116 Å². The Labute approximate surface area is 515 Å². The number of hydrogen-bond donors (Lipinski definition) is 0. The molecule has 480 valence electrons. The number of carbonyl (C=O) groups excluding carboxylic acids is 3. The number of allylic oxidation sites excluding steroid dienone is 14. The smallest absolute Gasteiger partial charge is 0.306 e. The lowest BCUT2D eigenvalue weighted by Crippen LogP contribution is -2.30. The minimum Gasteiger partial charge on any atom is -0.462 e. The standard InChI is InChI=1S/C77H136O6/c1-4-7-10-13-16-19-22-25-28-30-32-34-35-36-37-38-39-40-41-43-44-46-49-52-55-58-61-64-67-70-76(79)82-73-74(72-81-75(78)69-66-63-60-57-54-51-48-27-24-21-18-15-12-9-6-3)83-77(80)71-68-65-62-59-56-53-50-47-45-42-33-31-29-26-23-20-17-14-11-8-5-2/h8,11,17,20,22,25-26,29-30,32-33,42,47,50,74H,4-7,9-10,12-16,18-19,21,23-24,27-28,31,34-41,43-46,48-49,51-73H2,1-3H3/b11-8-,20-17-,25-22-,29-26-,32-30-,42-33-,50-47-. The van der Waals surface area contributed by atoms with Crippen molar-refractivity contribution >= 4 is 17.9 Å². The van der Waals surface area contributed by atoms with E-state index >= 15 is 0 Å². The van der Waals surface area contributed by atoms with Crippen LogP contribution in [0, 0.1) is 0 Å². The molecule has 0 amide bonds. The Morgan fingerprint density at radius 2 is 0.470 bits per heavy atom. The second-order valence-corrected chi connectivity index (χ2v) is 24.1.